The van der Waals surface area contributed by atoms with Gasteiger partial charge in [0.25, 0.3) is 0 Å². The molecule has 14 heavy (non-hydrogen) atoms. The second-order valence-corrected chi connectivity index (χ2v) is 2.87. The van der Waals surface area contributed by atoms with Crippen LogP contribution in [0.4, 0.5) is 0 Å². The fraction of sp³-hybridized carbons (Fsp3) is 0.182. The highest BCUT2D eigenvalue weighted by Crippen LogP contribution is 2.34. The zero-order valence-corrected chi connectivity index (χ0v) is 7.60. The number of benzene rings is 1. The molecular weight excluding hydrogens is 180 g/mol. The molecule has 0 saturated heterocycles. The van der Waals surface area contributed by atoms with Gasteiger partial charge in [-0.15, -0.1) is 0 Å². The molecular formula is C11H10O3. The average molecular weight is 190 g/mol. The summed E-state index contributed by atoms with van der Waals surface area (Å²) in [6.07, 6.45) is 3.89. The standard InChI is InChI=1S/C11H10O3/c12-6-2-4-9-3-1-5-10-11(9)14-8-7-13-10/h1-6H,7-8H2/b4-2+. The van der Waals surface area contributed by atoms with E-state index >= 15 is 0 Å². The molecule has 0 spiro atoms. The molecule has 72 valence electrons. The molecule has 1 aromatic carbocycles. The van der Waals surface area contributed by atoms with E-state index in [2.05, 4.69) is 0 Å². The van der Waals surface area contributed by atoms with Gasteiger partial charge in [-0.05, 0) is 18.2 Å². The summed E-state index contributed by atoms with van der Waals surface area (Å²) in [7, 11) is 0. The maximum Gasteiger partial charge on any atom is 0.168 e. The average Bonchev–Trinajstić information content (AvgIpc) is 2.26. The Labute approximate surface area is 81.9 Å². The van der Waals surface area contributed by atoms with Crippen LogP contribution in [0.3, 0.4) is 0 Å². The normalized spacial score (nSPS) is 14.3. The van der Waals surface area contributed by atoms with Gasteiger partial charge in [0.15, 0.2) is 11.5 Å². The first-order valence-electron chi connectivity index (χ1n) is 4.42. The molecule has 0 amide bonds. The van der Waals surface area contributed by atoms with Crippen molar-refractivity contribution >= 4 is 12.4 Å². The van der Waals surface area contributed by atoms with E-state index in [-0.39, 0.29) is 0 Å². The van der Waals surface area contributed by atoms with Crippen molar-refractivity contribution in [1.82, 2.24) is 0 Å². The second kappa shape index (κ2) is 3.96. The third-order valence-corrected chi connectivity index (χ3v) is 1.95. The molecule has 0 saturated carbocycles. The highest BCUT2D eigenvalue weighted by atomic mass is 16.6. The minimum atomic E-state index is 0.555. The van der Waals surface area contributed by atoms with Crippen molar-refractivity contribution in [3.05, 3.63) is 29.8 Å². The quantitative estimate of drug-likeness (QED) is 0.525. The number of carbonyl (C=O) groups excluding carboxylic acids is 1. The number of ether oxygens (including phenoxy) is 2. The summed E-state index contributed by atoms with van der Waals surface area (Å²) >= 11 is 0. The first-order chi connectivity index (χ1) is 6.92. The van der Waals surface area contributed by atoms with Gasteiger partial charge in [-0.3, -0.25) is 4.79 Å². The van der Waals surface area contributed by atoms with Gasteiger partial charge in [-0.2, -0.15) is 0 Å². The first-order valence-corrected chi connectivity index (χ1v) is 4.42. The molecule has 0 bridgehead atoms. The maximum absolute atomic E-state index is 10.2. The molecule has 3 nitrogen and oxygen atoms in total. The van der Waals surface area contributed by atoms with Crippen LogP contribution in [0.15, 0.2) is 24.3 Å². The fourth-order valence-electron chi connectivity index (χ4n) is 1.37. The molecule has 0 unspecified atom stereocenters. The Kier molecular flexibility index (Phi) is 2.49. The van der Waals surface area contributed by atoms with E-state index < -0.39 is 0 Å². The Balaban J connectivity index is 2.39. The van der Waals surface area contributed by atoms with Crippen LogP contribution in [0.5, 0.6) is 11.5 Å². The minimum Gasteiger partial charge on any atom is -0.486 e. The SMILES string of the molecule is O=C/C=C/c1cccc2c1OCCO2. The van der Waals surface area contributed by atoms with Gasteiger partial charge >= 0.3 is 0 Å². The largest absolute Gasteiger partial charge is 0.486 e. The predicted molar refractivity (Wildman–Crippen MR) is 52.5 cm³/mol. The molecule has 0 atom stereocenters. The van der Waals surface area contributed by atoms with Crippen LogP contribution < -0.4 is 9.47 Å². The summed E-state index contributed by atoms with van der Waals surface area (Å²) in [5.74, 6) is 1.46. The summed E-state index contributed by atoms with van der Waals surface area (Å²) in [5.41, 5.74) is 0.870. The van der Waals surface area contributed by atoms with Gasteiger partial charge in [0.1, 0.15) is 19.5 Å². The van der Waals surface area contributed by atoms with Crippen LogP contribution in [0, 0.1) is 0 Å². The summed E-state index contributed by atoms with van der Waals surface area (Å²) in [5, 5.41) is 0. The zero-order chi connectivity index (χ0) is 9.80. The number of hydrogen-bond acceptors (Lipinski definition) is 3. The van der Waals surface area contributed by atoms with E-state index in [4.69, 9.17) is 9.47 Å². The van der Waals surface area contributed by atoms with Crippen LogP contribution in [0.1, 0.15) is 5.56 Å². The number of hydrogen-bond donors (Lipinski definition) is 0. The van der Waals surface area contributed by atoms with Crippen molar-refractivity contribution in [2.75, 3.05) is 13.2 Å². The lowest BCUT2D eigenvalue weighted by molar-refractivity contribution is -0.104. The molecule has 2 rings (SSSR count). The zero-order valence-electron chi connectivity index (χ0n) is 7.60. The lowest BCUT2D eigenvalue weighted by atomic mass is 10.1. The Bertz CT molecular complexity index is 369. The first kappa shape index (κ1) is 8.81. The van der Waals surface area contributed by atoms with Crippen molar-refractivity contribution in [3.8, 4) is 11.5 Å². The number of fused-ring (bicyclic) bond motifs is 1. The van der Waals surface area contributed by atoms with Crippen molar-refractivity contribution in [1.29, 1.82) is 0 Å². The molecule has 0 aromatic heterocycles. The van der Waals surface area contributed by atoms with Crippen molar-refractivity contribution in [2.45, 2.75) is 0 Å². The van der Waals surface area contributed by atoms with Crippen LogP contribution in [0.25, 0.3) is 6.08 Å². The molecule has 0 fully saturated rings. The van der Waals surface area contributed by atoms with E-state index in [1.165, 1.54) is 6.08 Å². The Morgan fingerprint density at radius 2 is 2.07 bits per heavy atom. The monoisotopic (exact) mass is 190 g/mol. The van der Waals surface area contributed by atoms with E-state index in [0.29, 0.717) is 13.2 Å². The molecule has 1 aliphatic rings. The molecule has 0 radical (unpaired) electrons. The van der Waals surface area contributed by atoms with Crippen LogP contribution in [-0.2, 0) is 4.79 Å². The molecule has 0 aliphatic carbocycles. The minimum absolute atomic E-state index is 0.555. The highest BCUT2D eigenvalue weighted by Gasteiger charge is 2.13. The number of aldehydes is 1. The van der Waals surface area contributed by atoms with Crippen molar-refractivity contribution in [3.63, 3.8) is 0 Å². The van der Waals surface area contributed by atoms with Crippen molar-refractivity contribution in [2.24, 2.45) is 0 Å². The topological polar surface area (TPSA) is 35.5 Å². The van der Waals surface area contributed by atoms with Gasteiger partial charge in [-0.1, -0.05) is 12.1 Å². The van der Waals surface area contributed by atoms with Gasteiger partial charge in [0.2, 0.25) is 0 Å². The lowest BCUT2D eigenvalue weighted by Crippen LogP contribution is -2.15. The fourth-order valence-corrected chi connectivity index (χ4v) is 1.37. The van der Waals surface area contributed by atoms with E-state index in [1.54, 1.807) is 6.08 Å². The number of allylic oxidation sites excluding steroid dienone is 1. The molecule has 1 aromatic rings. The molecule has 0 N–H and O–H groups in total. The third kappa shape index (κ3) is 1.62. The Morgan fingerprint density at radius 1 is 1.21 bits per heavy atom. The Morgan fingerprint density at radius 3 is 2.93 bits per heavy atom. The van der Waals surface area contributed by atoms with Crippen LogP contribution in [-0.4, -0.2) is 19.5 Å². The number of carbonyl (C=O) groups is 1. The summed E-state index contributed by atoms with van der Waals surface area (Å²) in [6, 6.07) is 5.61. The second-order valence-electron chi connectivity index (χ2n) is 2.87. The van der Waals surface area contributed by atoms with Crippen LogP contribution in [0.2, 0.25) is 0 Å². The molecule has 1 aliphatic heterocycles. The lowest BCUT2D eigenvalue weighted by Gasteiger charge is -2.19. The third-order valence-electron chi connectivity index (χ3n) is 1.95. The van der Waals surface area contributed by atoms with Gasteiger partial charge in [-0.25, -0.2) is 0 Å². The van der Waals surface area contributed by atoms with E-state index in [0.717, 1.165) is 23.3 Å². The van der Waals surface area contributed by atoms with Gasteiger partial charge in [0, 0.05) is 5.56 Å². The van der Waals surface area contributed by atoms with E-state index in [1.807, 2.05) is 18.2 Å². The smallest absolute Gasteiger partial charge is 0.168 e. The highest BCUT2D eigenvalue weighted by molar-refractivity contribution is 5.76. The van der Waals surface area contributed by atoms with Gasteiger partial charge in [0.05, 0.1) is 0 Å². The van der Waals surface area contributed by atoms with Gasteiger partial charge < -0.3 is 9.47 Å². The summed E-state index contributed by atoms with van der Waals surface area (Å²) in [4.78, 5) is 10.2. The van der Waals surface area contributed by atoms with E-state index in [9.17, 15) is 4.79 Å². The molecule has 3 heteroatoms. The molecule has 1 heterocycles. The predicted octanol–water partition coefficient (Wildman–Crippen LogP) is 1.67. The maximum atomic E-state index is 10.2. The number of rotatable bonds is 2. The van der Waals surface area contributed by atoms with Crippen LogP contribution >= 0.6 is 0 Å². The number of para-hydroxylation sites is 1. The Hall–Kier alpha value is -1.77. The van der Waals surface area contributed by atoms with Crippen molar-refractivity contribution < 1.29 is 14.3 Å². The summed E-state index contributed by atoms with van der Waals surface area (Å²) in [6.45, 7) is 1.13. The summed E-state index contributed by atoms with van der Waals surface area (Å²) < 4.78 is 10.9.